The number of hydrazine groups is 1. The number of thioether (sulfide) groups is 1. The molecule has 1 unspecified atom stereocenters. The Morgan fingerprint density at radius 3 is 2.80 bits per heavy atom. The van der Waals surface area contributed by atoms with E-state index in [1.165, 1.54) is 10.6 Å². The Morgan fingerprint density at radius 1 is 1.47 bits per heavy atom. The molecule has 1 heterocycles. The first-order valence-corrected chi connectivity index (χ1v) is 7.32. The molecule has 3 N–H and O–H groups in total. The van der Waals surface area contributed by atoms with E-state index in [2.05, 4.69) is 36.8 Å². The van der Waals surface area contributed by atoms with E-state index in [0.29, 0.717) is 6.04 Å². The summed E-state index contributed by atoms with van der Waals surface area (Å²) in [5, 5.41) is 2.12. The summed E-state index contributed by atoms with van der Waals surface area (Å²) in [6, 6.07) is 4.66. The molecule has 0 fully saturated rings. The van der Waals surface area contributed by atoms with Gasteiger partial charge in [0.2, 0.25) is 0 Å². The molecule has 0 aliphatic carbocycles. The van der Waals surface area contributed by atoms with Gasteiger partial charge in [-0.15, -0.1) is 11.3 Å². The van der Waals surface area contributed by atoms with Crippen LogP contribution in [0.5, 0.6) is 0 Å². The number of nitrogens with two attached hydrogens (primary N) is 1. The zero-order chi connectivity index (χ0) is 11.1. The Kier molecular flexibility index (Phi) is 6.32. The highest BCUT2D eigenvalue weighted by molar-refractivity contribution is 7.99. The van der Waals surface area contributed by atoms with Crippen molar-refractivity contribution in [2.45, 2.75) is 26.3 Å². The highest BCUT2D eigenvalue weighted by atomic mass is 32.2. The second-order valence-corrected chi connectivity index (χ2v) is 6.19. The molecule has 1 aromatic heterocycles. The summed E-state index contributed by atoms with van der Waals surface area (Å²) >= 11 is 3.78. The van der Waals surface area contributed by atoms with Crippen LogP contribution >= 0.6 is 23.1 Å². The number of hydrogen-bond donors (Lipinski definition) is 2. The predicted molar refractivity (Wildman–Crippen MR) is 71.3 cm³/mol. The van der Waals surface area contributed by atoms with Crippen LogP contribution in [0.25, 0.3) is 0 Å². The molecular weight excluding hydrogens is 224 g/mol. The van der Waals surface area contributed by atoms with Crippen LogP contribution in [0.3, 0.4) is 0 Å². The third-order valence-electron chi connectivity index (χ3n) is 2.03. The second-order valence-electron chi connectivity index (χ2n) is 4.08. The molecule has 1 rings (SSSR count). The first-order chi connectivity index (χ1) is 7.22. The lowest BCUT2D eigenvalue weighted by molar-refractivity contribution is 0.578. The summed E-state index contributed by atoms with van der Waals surface area (Å²) in [4.78, 5) is 1.41. The molecule has 0 saturated carbocycles. The first-order valence-electron chi connectivity index (χ1n) is 5.28. The largest absolute Gasteiger partial charge is 0.271 e. The topological polar surface area (TPSA) is 38.0 Å². The van der Waals surface area contributed by atoms with Crippen LogP contribution in [-0.4, -0.2) is 17.5 Å². The van der Waals surface area contributed by atoms with Gasteiger partial charge in [-0.05, 0) is 29.5 Å². The minimum absolute atomic E-state index is 0.396. The standard InChI is InChI=1S/C11H20N2S2/c1-9(2)7-14-8-10(13-12)6-11-4-3-5-15-11/h3-5,9-10,13H,6-8,12H2,1-2H3. The molecular formula is C11H20N2S2. The average Bonchev–Trinajstić information content (AvgIpc) is 2.68. The van der Waals surface area contributed by atoms with Crippen LogP contribution < -0.4 is 11.3 Å². The van der Waals surface area contributed by atoms with E-state index in [1.54, 1.807) is 11.3 Å². The fourth-order valence-corrected chi connectivity index (χ4v) is 3.18. The fraction of sp³-hybridized carbons (Fsp3) is 0.636. The molecule has 0 bridgehead atoms. The molecule has 0 spiro atoms. The Labute approximate surface area is 101 Å². The smallest absolute Gasteiger partial charge is 0.0349 e. The second kappa shape index (κ2) is 7.28. The van der Waals surface area contributed by atoms with Crippen molar-refractivity contribution >= 4 is 23.1 Å². The number of hydrogen-bond acceptors (Lipinski definition) is 4. The summed E-state index contributed by atoms with van der Waals surface area (Å²) in [7, 11) is 0. The summed E-state index contributed by atoms with van der Waals surface area (Å²) in [6.45, 7) is 4.49. The van der Waals surface area contributed by atoms with Crippen LogP contribution in [0.2, 0.25) is 0 Å². The van der Waals surface area contributed by atoms with Crippen molar-refractivity contribution in [1.82, 2.24) is 5.43 Å². The summed E-state index contributed by atoms with van der Waals surface area (Å²) in [5.41, 5.74) is 2.90. The molecule has 4 heteroatoms. The van der Waals surface area contributed by atoms with E-state index < -0.39 is 0 Å². The predicted octanol–water partition coefficient (Wildman–Crippen LogP) is 2.51. The van der Waals surface area contributed by atoms with Crippen LogP contribution in [0, 0.1) is 5.92 Å². The lowest BCUT2D eigenvalue weighted by Gasteiger charge is -2.15. The zero-order valence-electron chi connectivity index (χ0n) is 9.40. The lowest BCUT2D eigenvalue weighted by atomic mass is 10.2. The van der Waals surface area contributed by atoms with Gasteiger partial charge in [0.05, 0.1) is 0 Å². The van der Waals surface area contributed by atoms with Gasteiger partial charge >= 0.3 is 0 Å². The van der Waals surface area contributed by atoms with Gasteiger partial charge in [-0.2, -0.15) is 11.8 Å². The monoisotopic (exact) mass is 244 g/mol. The van der Waals surface area contributed by atoms with Gasteiger partial charge in [-0.1, -0.05) is 19.9 Å². The number of nitrogens with one attached hydrogen (secondary N) is 1. The maximum atomic E-state index is 5.55. The number of thiophene rings is 1. The van der Waals surface area contributed by atoms with Crippen LogP contribution in [-0.2, 0) is 6.42 Å². The van der Waals surface area contributed by atoms with Gasteiger partial charge in [-0.3, -0.25) is 11.3 Å². The molecule has 2 nitrogen and oxygen atoms in total. The van der Waals surface area contributed by atoms with Crippen LogP contribution in [0.1, 0.15) is 18.7 Å². The van der Waals surface area contributed by atoms with Crippen molar-refractivity contribution in [1.29, 1.82) is 0 Å². The van der Waals surface area contributed by atoms with E-state index in [4.69, 9.17) is 5.84 Å². The third kappa shape index (κ3) is 5.56. The first kappa shape index (κ1) is 13.0. The van der Waals surface area contributed by atoms with Gasteiger partial charge < -0.3 is 0 Å². The molecule has 0 radical (unpaired) electrons. The Bertz CT molecular complexity index is 247. The molecule has 0 aliphatic heterocycles. The quantitative estimate of drug-likeness (QED) is 0.572. The molecule has 0 amide bonds. The number of rotatable bonds is 7. The van der Waals surface area contributed by atoms with Gasteiger partial charge in [0.1, 0.15) is 0 Å². The fourth-order valence-electron chi connectivity index (χ4n) is 1.28. The Hall–Kier alpha value is -0.0300. The van der Waals surface area contributed by atoms with Crippen molar-refractivity contribution < 1.29 is 0 Å². The van der Waals surface area contributed by atoms with Gasteiger partial charge in [-0.25, -0.2) is 0 Å². The molecule has 0 saturated heterocycles. The molecule has 86 valence electrons. The third-order valence-corrected chi connectivity index (χ3v) is 4.47. The maximum absolute atomic E-state index is 5.55. The van der Waals surface area contributed by atoms with Gasteiger partial charge in [0.15, 0.2) is 0 Å². The molecule has 15 heavy (non-hydrogen) atoms. The Balaban J connectivity index is 2.24. The van der Waals surface area contributed by atoms with E-state index in [-0.39, 0.29) is 0 Å². The molecule has 1 aromatic rings. The van der Waals surface area contributed by atoms with Crippen LogP contribution in [0.15, 0.2) is 17.5 Å². The van der Waals surface area contributed by atoms with Crippen molar-refractivity contribution in [2.75, 3.05) is 11.5 Å². The molecule has 0 aliphatic rings. The van der Waals surface area contributed by atoms with Crippen molar-refractivity contribution in [2.24, 2.45) is 11.8 Å². The SMILES string of the molecule is CC(C)CSCC(Cc1cccs1)NN. The van der Waals surface area contributed by atoms with E-state index in [0.717, 1.165) is 18.1 Å². The molecule has 0 aromatic carbocycles. The van der Waals surface area contributed by atoms with Crippen LogP contribution in [0.4, 0.5) is 0 Å². The normalized spacial score (nSPS) is 13.3. The molecule has 1 atom stereocenters. The highest BCUT2D eigenvalue weighted by Gasteiger charge is 2.08. The minimum Gasteiger partial charge on any atom is -0.271 e. The summed E-state index contributed by atoms with van der Waals surface area (Å²) in [5.74, 6) is 8.61. The lowest BCUT2D eigenvalue weighted by Crippen LogP contribution is -2.38. The van der Waals surface area contributed by atoms with Gasteiger partial charge in [0.25, 0.3) is 0 Å². The van der Waals surface area contributed by atoms with E-state index in [9.17, 15) is 0 Å². The summed E-state index contributed by atoms with van der Waals surface area (Å²) in [6.07, 6.45) is 1.04. The van der Waals surface area contributed by atoms with E-state index >= 15 is 0 Å². The summed E-state index contributed by atoms with van der Waals surface area (Å²) < 4.78 is 0. The van der Waals surface area contributed by atoms with Crippen molar-refractivity contribution in [3.05, 3.63) is 22.4 Å². The van der Waals surface area contributed by atoms with E-state index in [1.807, 2.05) is 11.8 Å². The minimum atomic E-state index is 0.396. The average molecular weight is 244 g/mol. The van der Waals surface area contributed by atoms with Crippen molar-refractivity contribution in [3.63, 3.8) is 0 Å². The maximum Gasteiger partial charge on any atom is 0.0349 e. The highest BCUT2D eigenvalue weighted by Crippen LogP contribution is 2.15. The van der Waals surface area contributed by atoms with Crippen molar-refractivity contribution in [3.8, 4) is 0 Å². The van der Waals surface area contributed by atoms with Gasteiger partial charge in [0, 0.05) is 16.7 Å². The zero-order valence-corrected chi connectivity index (χ0v) is 11.0. The Morgan fingerprint density at radius 2 is 2.27 bits per heavy atom.